The molecule has 1 rings (SSSR count). The van der Waals surface area contributed by atoms with E-state index in [-0.39, 0.29) is 5.91 Å². The van der Waals surface area contributed by atoms with Gasteiger partial charge in [0.1, 0.15) is 0 Å². The van der Waals surface area contributed by atoms with Crippen molar-refractivity contribution in [3.8, 4) is 0 Å². The molecule has 4 nitrogen and oxygen atoms in total. The van der Waals surface area contributed by atoms with E-state index in [4.69, 9.17) is 5.73 Å². The summed E-state index contributed by atoms with van der Waals surface area (Å²) in [6.07, 6.45) is 1.33. The molecule has 0 atom stereocenters. The van der Waals surface area contributed by atoms with Gasteiger partial charge in [0.2, 0.25) is 0 Å². The fourth-order valence-electron chi connectivity index (χ4n) is 0.899. The lowest BCUT2D eigenvalue weighted by atomic mass is 10.1. The first-order valence-electron chi connectivity index (χ1n) is 4.64. The van der Waals surface area contributed by atoms with E-state index in [9.17, 15) is 4.79 Å². The fourth-order valence-corrected chi connectivity index (χ4v) is 0.899. The van der Waals surface area contributed by atoms with Crippen LogP contribution in [-0.2, 0) is 11.2 Å². The SMILES string of the molecule is CNC.NC=NC(=O)Cc1ccccc1. The Hall–Kier alpha value is -1.68. The lowest BCUT2D eigenvalue weighted by Gasteiger charge is -1.94. The molecule has 1 aromatic rings. The highest BCUT2D eigenvalue weighted by Gasteiger charge is 1.98. The van der Waals surface area contributed by atoms with Crippen molar-refractivity contribution < 1.29 is 4.79 Å². The maximum Gasteiger partial charge on any atom is 0.251 e. The minimum absolute atomic E-state index is 0.219. The van der Waals surface area contributed by atoms with Crippen LogP contribution in [-0.4, -0.2) is 26.3 Å². The molecule has 0 aromatic heterocycles. The van der Waals surface area contributed by atoms with Crippen LogP contribution in [0.15, 0.2) is 35.3 Å². The van der Waals surface area contributed by atoms with E-state index in [0.29, 0.717) is 6.42 Å². The van der Waals surface area contributed by atoms with E-state index >= 15 is 0 Å². The standard InChI is InChI=1S/C9H10N2O.C2H7N/c10-7-11-9(12)6-8-4-2-1-3-5-8;1-3-2/h1-5,7H,6H2,(H2,10,11,12);3H,1-2H3. The van der Waals surface area contributed by atoms with Crippen molar-refractivity contribution in [3.05, 3.63) is 35.9 Å². The quantitative estimate of drug-likeness (QED) is 0.550. The number of hydrogen-bond donors (Lipinski definition) is 2. The number of carbonyl (C=O) groups is 1. The number of amides is 1. The third-order valence-electron chi connectivity index (χ3n) is 1.42. The van der Waals surface area contributed by atoms with Crippen molar-refractivity contribution in [3.63, 3.8) is 0 Å². The molecule has 1 amide bonds. The number of benzene rings is 1. The average molecular weight is 207 g/mol. The van der Waals surface area contributed by atoms with Gasteiger partial charge in [0, 0.05) is 0 Å². The minimum Gasteiger partial charge on any atom is -0.390 e. The van der Waals surface area contributed by atoms with Gasteiger partial charge in [-0.05, 0) is 19.7 Å². The van der Waals surface area contributed by atoms with Crippen molar-refractivity contribution in [1.82, 2.24) is 5.32 Å². The predicted molar refractivity (Wildman–Crippen MR) is 62.8 cm³/mol. The molecule has 0 aliphatic rings. The monoisotopic (exact) mass is 207 g/mol. The summed E-state index contributed by atoms with van der Waals surface area (Å²) in [5, 5.41) is 2.75. The van der Waals surface area contributed by atoms with Crippen molar-refractivity contribution >= 4 is 12.2 Å². The van der Waals surface area contributed by atoms with Gasteiger partial charge in [-0.15, -0.1) is 0 Å². The molecular formula is C11H17N3O. The first kappa shape index (κ1) is 13.3. The number of nitrogens with two attached hydrogens (primary N) is 1. The molecule has 0 bridgehead atoms. The summed E-state index contributed by atoms with van der Waals surface area (Å²) in [5.41, 5.74) is 5.92. The van der Waals surface area contributed by atoms with Crippen LogP contribution in [0.4, 0.5) is 0 Å². The van der Waals surface area contributed by atoms with Gasteiger partial charge in [0.15, 0.2) is 0 Å². The van der Waals surface area contributed by atoms with Crippen LogP contribution in [0.3, 0.4) is 0 Å². The molecular weight excluding hydrogens is 190 g/mol. The second-order valence-electron chi connectivity index (χ2n) is 2.83. The van der Waals surface area contributed by atoms with Crippen LogP contribution in [0, 0.1) is 0 Å². The summed E-state index contributed by atoms with van der Waals surface area (Å²) in [5.74, 6) is -0.219. The van der Waals surface area contributed by atoms with Gasteiger partial charge in [-0.25, -0.2) is 4.99 Å². The van der Waals surface area contributed by atoms with E-state index in [0.717, 1.165) is 11.9 Å². The number of aliphatic imine (C=N–C) groups is 1. The first-order chi connectivity index (χ1) is 7.24. The number of nitrogens with one attached hydrogen (secondary N) is 1. The van der Waals surface area contributed by atoms with Gasteiger partial charge in [-0.2, -0.15) is 0 Å². The highest BCUT2D eigenvalue weighted by Crippen LogP contribution is 1.99. The Morgan fingerprint density at radius 1 is 1.40 bits per heavy atom. The highest BCUT2D eigenvalue weighted by molar-refractivity contribution is 5.85. The molecule has 15 heavy (non-hydrogen) atoms. The lowest BCUT2D eigenvalue weighted by molar-refractivity contribution is -0.117. The summed E-state index contributed by atoms with van der Waals surface area (Å²) in [6.45, 7) is 0. The highest BCUT2D eigenvalue weighted by atomic mass is 16.1. The van der Waals surface area contributed by atoms with Gasteiger partial charge < -0.3 is 11.1 Å². The van der Waals surface area contributed by atoms with Crippen LogP contribution in [0.5, 0.6) is 0 Å². The molecule has 0 aliphatic heterocycles. The third-order valence-corrected chi connectivity index (χ3v) is 1.42. The van der Waals surface area contributed by atoms with Crippen molar-refractivity contribution in [2.24, 2.45) is 10.7 Å². The molecule has 0 spiro atoms. The molecule has 0 aliphatic carbocycles. The first-order valence-corrected chi connectivity index (χ1v) is 4.64. The van der Waals surface area contributed by atoms with Crippen molar-refractivity contribution in [2.45, 2.75) is 6.42 Å². The van der Waals surface area contributed by atoms with Gasteiger partial charge in [-0.3, -0.25) is 4.79 Å². The zero-order chi connectivity index (χ0) is 11.5. The Labute approximate surface area is 90.2 Å². The van der Waals surface area contributed by atoms with E-state index < -0.39 is 0 Å². The van der Waals surface area contributed by atoms with Gasteiger partial charge >= 0.3 is 0 Å². The number of nitrogens with zero attached hydrogens (tertiary/aromatic N) is 1. The topological polar surface area (TPSA) is 67.5 Å². The Bertz CT molecular complexity index is 296. The average Bonchev–Trinajstić information content (AvgIpc) is 2.20. The molecule has 1 aromatic carbocycles. The van der Waals surface area contributed by atoms with Crippen LogP contribution in [0.2, 0.25) is 0 Å². The maximum absolute atomic E-state index is 10.9. The van der Waals surface area contributed by atoms with Crippen molar-refractivity contribution in [1.29, 1.82) is 0 Å². The zero-order valence-corrected chi connectivity index (χ0v) is 9.10. The molecule has 3 N–H and O–H groups in total. The van der Waals surface area contributed by atoms with Gasteiger partial charge in [0.05, 0.1) is 12.8 Å². The second kappa shape index (κ2) is 8.90. The minimum atomic E-state index is -0.219. The van der Waals surface area contributed by atoms with Crippen LogP contribution in [0.25, 0.3) is 0 Å². The predicted octanol–water partition coefficient (Wildman–Crippen LogP) is 0.578. The Morgan fingerprint density at radius 2 is 1.93 bits per heavy atom. The Morgan fingerprint density at radius 3 is 2.40 bits per heavy atom. The smallest absolute Gasteiger partial charge is 0.251 e. The third kappa shape index (κ3) is 7.40. The second-order valence-corrected chi connectivity index (χ2v) is 2.83. The molecule has 0 unspecified atom stereocenters. The number of rotatable bonds is 2. The van der Waals surface area contributed by atoms with E-state index in [2.05, 4.69) is 10.3 Å². The summed E-state index contributed by atoms with van der Waals surface area (Å²) in [7, 11) is 3.75. The fraction of sp³-hybridized carbons (Fsp3) is 0.273. The van der Waals surface area contributed by atoms with Crippen LogP contribution < -0.4 is 11.1 Å². The molecule has 0 saturated carbocycles. The largest absolute Gasteiger partial charge is 0.390 e. The molecule has 0 fully saturated rings. The summed E-state index contributed by atoms with van der Waals surface area (Å²) >= 11 is 0. The molecule has 82 valence electrons. The summed E-state index contributed by atoms with van der Waals surface area (Å²) in [4.78, 5) is 14.4. The Balaban J connectivity index is 0.000000583. The molecule has 0 radical (unpaired) electrons. The summed E-state index contributed by atoms with van der Waals surface area (Å²) in [6, 6.07) is 9.43. The van der Waals surface area contributed by atoms with Gasteiger partial charge in [-0.1, -0.05) is 30.3 Å². The molecule has 4 heteroatoms. The normalized spacial score (nSPS) is 9.47. The van der Waals surface area contributed by atoms with Crippen LogP contribution >= 0.6 is 0 Å². The van der Waals surface area contributed by atoms with E-state index in [1.807, 2.05) is 44.4 Å². The maximum atomic E-state index is 10.9. The Kier molecular flexibility index (Phi) is 7.90. The van der Waals surface area contributed by atoms with E-state index in [1.54, 1.807) is 0 Å². The van der Waals surface area contributed by atoms with Crippen LogP contribution in [0.1, 0.15) is 5.56 Å². The summed E-state index contributed by atoms with van der Waals surface area (Å²) < 4.78 is 0. The number of carbonyl (C=O) groups excluding carboxylic acids is 1. The number of hydrogen-bond acceptors (Lipinski definition) is 2. The van der Waals surface area contributed by atoms with E-state index in [1.165, 1.54) is 0 Å². The molecule has 0 saturated heterocycles. The van der Waals surface area contributed by atoms with Crippen molar-refractivity contribution in [2.75, 3.05) is 14.1 Å². The molecule has 0 heterocycles. The zero-order valence-electron chi connectivity index (χ0n) is 9.10. The van der Waals surface area contributed by atoms with Gasteiger partial charge in [0.25, 0.3) is 5.91 Å². The lowest BCUT2D eigenvalue weighted by Crippen LogP contribution is -2.01.